The molecule has 1 saturated heterocycles. The highest BCUT2D eigenvalue weighted by molar-refractivity contribution is 5.80. The number of carbonyl (C=O) groups excluding carboxylic acids is 1. The normalized spacial score (nSPS) is 17.1. The van der Waals surface area contributed by atoms with Crippen LogP contribution in [-0.2, 0) is 4.79 Å². The van der Waals surface area contributed by atoms with Crippen molar-refractivity contribution in [3.63, 3.8) is 0 Å². The molecule has 5 nitrogen and oxygen atoms in total. The Bertz CT molecular complexity index is 352. The van der Waals surface area contributed by atoms with Gasteiger partial charge in [-0.15, -0.1) is 0 Å². The molecule has 1 rings (SSSR count). The molecule has 8 heteroatoms. The SMILES string of the molecule is CCC1CCN(C(=O)N(CC(=O)O)CC(F)(F)F)CC1. The lowest BCUT2D eigenvalue weighted by Crippen LogP contribution is -2.50. The molecule has 1 fully saturated rings. The van der Waals surface area contributed by atoms with E-state index >= 15 is 0 Å². The molecule has 1 N–H and O–H groups in total. The maximum absolute atomic E-state index is 12.4. The second-order valence-electron chi connectivity index (χ2n) is 4.99. The molecule has 0 aliphatic carbocycles. The van der Waals surface area contributed by atoms with Gasteiger partial charge in [0, 0.05) is 13.1 Å². The molecule has 1 aliphatic heterocycles. The van der Waals surface area contributed by atoms with E-state index in [-0.39, 0.29) is 0 Å². The summed E-state index contributed by atoms with van der Waals surface area (Å²) in [6, 6.07) is -0.848. The minimum Gasteiger partial charge on any atom is -0.480 e. The molecule has 0 saturated carbocycles. The summed E-state index contributed by atoms with van der Waals surface area (Å²) in [5.74, 6) is -0.972. The number of halogens is 3. The van der Waals surface area contributed by atoms with Gasteiger partial charge in [-0.2, -0.15) is 13.2 Å². The van der Waals surface area contributed by atoms with Gasteiger partial charge in [-0.05, 0) is 18.8 Å². The Morgan fingerprint density at radius 2 is 1.85 bits per heavy atom. The van der Waals surface area contributed by atoms with Gasteiger partial charge in [-0.3, -0.25) is 4.79 Å². The average molecular weight is 296 g/mol. The number of urea groups is 1. The van der Waals surface area contributed by atoms with Gasteiger partial charge >= 0.3 is 18.2 Å². The lowest BCUT2D eigenvalue weighted by Gasteiger charge is -2.35. The molecule has 0 bridgehead atoms. The van der Waals surface area contributed by atoms with Crippen molar-refractivity contribution in [1.82, 2.24) is 9.80 Å². The first-order valence-corrected chi connectivity index (χ1v) is 6.55. The van der Waals surface area contributed by atoms with E-state index in [1.807, 2.05) is 6.92 Å². The Balaban J connectivity index is 2.65. The quantitative estimate of drug-likeness (QED) is 0.865. The highest BCUT2D eigenvalue weighted by atomic mass is 19.4. The summed E-state index contributed by atoms with van der Waals surface area (Å²) in [6.07, 6.45) is -2.14. The van der Waals surface area contributed by atoms with Crippen LogP contribution in [0.5, 0.6) is 0 Å². The van der Waals surface area contributed by atoms with E-state index in [2.05, 4.69) is 0 Å². The highest BCUT2D eigenvalue weighted by Crippen LogP contribution is 2.22. The third-order valence-electron chi connectivity index (χ3n) is 3.43. The maximum Gasteiger partial charge on any atom is 0.406 e. The Morgan fingerprint density at radius 1 is 1.30 bits per heavy atom. The van der Waals surface area contributed by atoms with Crippen molar-refractivity contribution >= 4 is 12.0 Å². The van der Waals surface area contributed by atoms with Gasteiger partial charge in [0.15, 0.2) is 0 Å². The molecule has 0 spiro atoms. The first-order valence-electron chi connectivity index (χ1n) is 6.55. The largest absolute Gasteiger partial charge is 0.480 e. The fraction of sp³-hybridized carbons (Fsp3) is 0.833. The number of hydrogen-bond donors (Lipinski definition) is 1. The van der Waals surface area contributed by atoms with Crippen LogP contribution in [0.4, 0.5) is 18.0 Å². The molecule has 0 aromatic heterocycles. The van der Waals surface area contributed by atoms with Crippen LogP contribution in [0.25, 0.3) is 0 Å². The Hall–Kier alpha value is -1.47. The zero-order valence-corrected chi connectivity index (χ0v) is 11.3. The topological polar surface area (TPSA) is 60.9 Å². The molecular weight excluding hydrogens is 277 g/mol. The number of aliphatic carboxylic acids is 1. The molecule has 0 unspecified atom stereocenters. The summed E-state index contributed by atoms with van der Waals surface area (Å²) in [6.45, 7) is 0.317. The van der Waals surface area contributed by atoms with Crippen LogP contribution >= 0.6 is 0 Å². The first kappa shape index (κ1) is 16.6. The maximum atomic E-state index is 12.4. The van der Waals surface area contributed by atoms with Gasteiger partial charge < -0.3 is 14.9 Å². The number of carbonyl (C=O) groups is 2. The van der Waals surface area contributed by atoms with Crippen molar-refractivity contribution in [2.45, 2.75) is 32.4 Å². The van der Waals surface area contributed by atoms with Crippen molar-refractivity contribution in [3.8, 4) is 0 Å². The zero-order valence-electron chi connectivity index (χ0n) is 11.3. The lowest BCUT2D eigenvalue weighted by molar-refractivity contribution is -0.149. The predicted octanol–water partition coefficient (Wildman–Crippen LogP) is 2.18. The predicted molar refractivity (Wildman–Crippen MR) is 65.2 cm³/mol. The number of likely N-dealkylation sites (tertiary alicyclic amines) is 1. The number of hydrogen-bond acceptors (Lipinski definition) is 2. The van der Waals surface area contributed by atoms with Gasteiger partial charge in [0.25, 0.3) is 0 Å². The molecule has 0 atom stereocenters. The van der Waals surface area contributed by atoms with Crippen LogP contribution in [0.15, 0.2) is 0 Å². The van der Waals surface area contributed by atoms with Crippen molar-refractivity contribution in [2.75, 3.05) is 26.2 Å². The number of piperidine rings is 1. The lowest BCUT2D eigenvalue weighted by atomic mass is 9.95. The Morgan fingerprint density at radius 3 is 2.25 bits per heavy atom. The van der Waals surface area contributed by atoms with Crippen LogP contribution in [0.3, 0.4) is 0 Å². The molecule has 2 amide bonds. The van der Waals surface area contributed by atoms with Gasteiger partial charge in [0.1, 0.15) is 13.1 Å². The Kier molecular flexibility index (Phi) is 5.64. The molecule has 0 aromatic carbocycles. The smallest absolute Gasteiger partial charge is 0.406 e. The molecule has 1 heterocycles. The van der Waals surface area contributed by atoms with E-state index in [1.54, 1.807) is 0 Å². The summed E-state index contributed by atoms with van der Waals surface area (Å²) < 4.78 is 37.2. The number of carboxylic acid groups (broad SMARTS) is 1. The molecule has 20 heavy (non-hydrogen) atoms. The highest BCUT2D eigenvalue weighted by Gasteiger charge is 2.36. The van der Waals surface area contributed by atoms with Crippen LogP contribution in [0.1, 0.15) is 26.2 Å². The third kappa shape index (κ3) is 5.26. The summed E-state index contributed by atoms with van der Waals surface area (Å²) in [4.78, 5) is 24.2. The van der Waals surface area contributed by atoms with Crippen molar-refractivity contribution in [3.05, 3.63) is 0 Å². The van der Waals surface area contributed by atoms with Gasteiger partial charge in [-0.1, -0.05) is 13.3 Å². The molecule has 0 radical (unpaired) electrons. The molecular formula is C12H19F3N2O3. The van der Waals surface area contributed by atoms with Gasteiger partial charge in [-0.25, -0.2) is 4.79 Å². The average Bonchev–Trinajstić information content (AvgIpc) is 2.35. The van der Waals surface area contributed by atoms with Crippen molar-refractivity contribution in [2.24, 2.45) is 5.92 Å². The molecule has 116 valence electrons. The van der Waals surface area contributed by atoms with Gasteiger partial charge in [0.2, 0.25) is 0 Å². The fourth-order valence-corrected chi connectivity index (χ4v) is 2.30. The number of alkyl halides is 3. The first-order chi connectivity index (χ1) is 9.23. The summed E-state index contributed by atoms with van der Waals surface area (Å²) in [5.41, 5.74) is 0. The summed E-state index contributed by atoms with van der Waals surface area (Å²) in [5, 5.41) is 8.63. The van der Waals surface area contributed by atoms with Crippen LogP contribution < -0.4 is 0 Å². The van der Waals surface area contributed by atoms with E-state index in [1.165, 1.54) is 4.90 Å². The Labute approximate surface area is 115 Å². The second kappa shape index (κ2) is 6.81. The summed E-state index contributed by atoms with van der Waals surface area (Å²) in [7, 11) is 0. The van der Waals surface area contributed by atoms with Crippen molar-refractivity contribution < 1.29 is 27.9 Å². The van der Waals surface area contributed by atoms with E-state index in [9.17, 15) is 22.8 Å². The number of carboxylic acids is 1. The van der Waals surface area contributed by atoms with E-state index in [0.717, 1.165) is 19.3 Å². The standard InChI is InChI=1S/C12H19F3N2O3/c1-2-9-3-5-16(6-4-9)11(20)17(7-10(18)19)8-12(13,14)15/h9H,2-8H2,1H3,(H,18,19). The second-order valence-corrected chi connectivity index (χ2v) is 4.99. The van der Waals surface area contributed by atoms with Crippen LogP contribution in [-0.4, -0.2) is 59.3 Å². The van der Waals surface area contributed by atoms with Gasteiger partial charge in [0.05, 0.1) is 0 Å². The third-order valence-corrected chi connectivity index (χ3v) is 3.43. The minimum atomic E-state index is -4.60. The number of amides is 2. The van der Waals surface area contributed by atoms with E-state index in [0.29, 0.717) is 23.9 Å². The summed E-state index contributed by atoms with van der Waals surface area (Å²) >= 11 is 0. The number of rotatable bonds is 4. The van der Waals surface area contributed by atoms with Crippen LogP contribution in [0.2, 0.25) is 0 Å². The van der Waals surface area contributed by atoms with Crippen molar-refractivity contribution in [1.29, 1.82) is 0 Å². The zero-order chi connectivity index (χ0) is 15.3. The molecule has 1 aliphatic rings. The fourth-order valence-electron chi connectivity index (χ4n) is 2.30. The molecule has 0 aromatic rings. The van der Waals surface area contributed by atoms with E-state index in [4.69, 9.17) is 5.11 Å². The number of nitrogens with zero attached hydrogens (tertiary/aromatic N) is 2. The van der Waals surface area contributed by atoms with Crippen LogP contribution in [0, 0.1) is 5.92 Å². The monoisotopic (exact) mass is 296 g/mol. The van der Waals surface area contributed by atoms with E-state index < -0.39 is 31.3 Å². The minimum absolute atomic E-state index is 0.342.